The molecule has 1 unspecified atom stereocenters. The second-order valence-corrected chi connectivity index (χ2v) is 15.7. The van der Waals surface area contributed by atoms with E-state index in [1.54, 1.807) is 41.6 Å². The first-order valence-corrected chi connectivity index (χ1v) is 19.7. The summed E-state index contributed by atoms with van der Waals surface area (Å²) in [6.07, 6.45) is 12.0. The molecule has 0 spiro atoms. The fourth-order valence-corrected chi connectivity index (χ4v) is 9.36. The Morgan fingerprint density at radius 3 is 2.58 bits per heavy atom. The van der Waals surface area contributed by atoms with Crippen LogP contribution in [0.25, 0.3) is 33.0 Å². The van der Waals surface area contributed by atoms with Crippen LogP contribution in [-0.2, 0) is 16.6 Å². The number of nitrogens with zero attached hydrogens (tertiary/aromatic N) is 8. The number of aryl methyl sites for hydroxylation is 1. The first-order valence-electron chi connectivity index (χ1n) is 19.7. The molecule has 3 amide bonds. The average molecular weight is 769 g/mol. The lowest BCUT2D eigenvalue weighted by Gasteiger charge is -2.37. The number of pyridine rings is 1. The van der Waals surface area contributed by atoms with Gasteiger partial charge in [0.1, 0.15) is 23.5 Å². The van der Waals surface area contributed by atoms with E-state index in [-0.39, 0.29) is 24.0 Å². The number of fused-ring (bicyclic) bond motifs is 3. The maximum atomic E-state index is 13.5. The van der Waals surface area contributed by atoms with Gasteiger partial charge in [-0.25, -0.2) is 14.6 Å². The van der Waals surface area contributed by atoms with Gasteiger partial charge in [-0.2, -0.15) is 10.4 Å². The van der Waals surface area contributed by atoms with Crippen molar-refractivity contribution in [1.82, 2.24) is 38.7 Å². The summed E-state index contributed by atoms with van der Waals surface area (Å²) in [6, 6.07) is 14.5. The van der Waals surface area contributed by atoms with Crippen molar-refractivity contribution in [3.05, 3.63) is 82.7 Å². The lowest BCUT2D eigenvalue weighted by atomic mass is 9.84. The predicted molar refractivity (Wildman–Crippen MR) is 213 cm³/mol. The average Bonchev–Trinajstić information content (AvgIpc) is 3.91. The minimum absolute atomic E-state index is 0.221. The van der Waals surface area contributed by atoms with E-state index >= 15 is 0 Å². The van der Waals surface area contributed by atoms with Crippen molar-refractivity contribution in [2.24, 2.45) is 13.0 Å². The molecular weight excluding hydrogens is 725 g/mol. The van der Waals surface area contributed by atoms with Gasteiger partial charge in [0, 0.05) is 55.4 Å². The molecule has 6 aromatic rings. The smallest absolute Gasteiger partial charge is 0.331 e. The van der Waals surface area contributed by atoms with Gasteiger partial charge in [-0.3, -0.25) is 33.3 Å². The predicted octanol–water partition coefficient (Wildman–Crippen LogP) is 5.59. The Morgan fingerprint density at radius 2 is 1.82 bits per heavy atom. The summed E-state index contributed by atoms with van der Waals surface area (Å²) in [4.78, 5) is 58.2. The van der Waals surface area contributed by atoms with Gasteiger partial charge in [0.2, 0.25) is 11.8 Å². The molecule has 2 aliphatic heterocycles. The summed E-state index contributed by atoms with van der Waals surface area (Å²) in [6.45, 7) is 3.06. The van der Waals surface area contributed by atoms with E-state index in [0.29, 0.717) is 52.3 Å². The molecule has 2 N–H and O–H groups in total. The molecule has 15 heteroatoms. The number of benzene rings is 2. The fraction of sp³-hybridized carbons (Fsp3) is 0.405. The minimum Gasteiger partial charge on any atom is -0.494 e. The Bertz CT molecular complexity index is 2660. The van der Waals surface area contributed by atoms with Crippen molar-refractivity contribution in [2.75, 3.05) is 32.1 Å². The van der Waals surface area contributed by atoms with Crippen LogP contribution in [0.5, 0.6) is 5.75 Å². The van der Waals surface area contributed by atoms with Gasteiger partial charge in [-0.05, 0) is 99.7 Å². The molecule has 3 fully saturated rings. The zero-order valence-electron chi connectivity index (χ0n) is 32.0. The fourth-order valence-electron chi connectivity index (χ4n) is 9.36. The van der Waals surface area contributed by atoms with Crippen molar-refractivity contribution < 1.29 is 19.1 Å². The number of amides is 3. The zero-order valence-corrected chi connectivity index (χ0v) is 32.0. The lowest BCUT2D eigenvalue weighted by molar-refractivity contribution is -0.135. The standard InChI is InChI=1S/C42H44N10O5/c1-48-38-31(4-3-5-34(38)52(42(48)56)35-10-11-37(53)46-40(35)54)27-12-15-49(16-13-27)23-25-6-8-30(9-7-25)51-24-29-19-33(36(57-2)20-32(29)47-51)45-41(55)50-17-14-28-18-26(21-43)22-44-39(28)50/h3-5,14,17-20,22,24-25,27,30,35H,6-13,15-16,23H2,1-2H3,(H,45,55)(H,46,53,54). The third-order valence-electron chi connectivity index (χ3n) is 12.3. The summed E-state index contributed by atoms with van der Waals surface area (Å²) in [5, 5.41) is 21.1. The number of imidazole rings is 1. The highest BCUT2D eigenvalue weighted by Gasteiger charge is 2.33. The van der Waals surface area contributed by atoms with Crippen molar-refractivity contribution >= 4 is 56.5 Å². The van der Waals surface area contributed by atoms with Gasteiger partial charge in [0.15, 0.2) is 0 Å². The molecule has 1 aliphatic carbocycles. The van der Waals surface area contributed by atoms with Crippen LogP contribution in [0.15, 0.2) is 65.8 Å². The van der Waals surface area contributed by atoms with Gasteiger partial charge < -0.3 is 15.0 Å². The summed E-state index contributed by atoms with van der Waals surface area (Å²) in [5.41, 5.74) is 4.78. The number of methoxy groups -OCH3 is 1. The molecule has 6 heterocycles. The van der Waals surface area contributed by atoms with Crippen LogP contribution in [0.4, 0.5) is 10.5 Å². The number of carbonyl (C=O) groups excluding carboxylic acids is 3. The van der Waals surface area contributed by atoms with Crippen molar-refractivity contribution in [2.45, 2.75) is 69.4 Å². The number of ether oxygens (including phenoxy) is 1. The number of piperidine rings is 2. The van der Waals surface area contributed by atoms with E-state index in [1.807, 2.05) is 24.3 Å². The molecule has 1 atom stereocenters. The number of hydrogen-bond acceptors (Lipinski definition) is 9. The van der Waals surface area contributed by atoms with Crippen molar-refractivity contribution in [3.63, 3.8) is 0 Å². The van der Waals surface area contributed by atoms with Crippen molar-refractivity contribution in [3.8, 4) is 11.8 Å². The molecule has 9 rings (SSSR count). The first-order chi connectivity index (χ1) is 27.7. The van der Waals surface area contributed by atoms with Gasteiger partial charge in [-0.15, -0.1) is 0 Å². The van der Waals surface area contributed by atoms with Crippen LogP contribution in [-0.4, -0.2) is 78.0 Å². The molecule has 57 heavy (non-hydrogen) atoms. The molecule has 292 valence electrons. The number of carbonyl (C=O) groups is 3. The number of hydrogen-bond donors (Lipinski definition) is 2. The van der Waals surface area contributed by atoms with Crippen LogP contribution in [0.2, 0.25) is 0 Å². The van der Waals surface area contributed by atoms with E-state index in [1.165, 1.54) is 10.8 Å². The number of anilines is 1. The molecule has 2 aromatic carbocycles. The normalized spacial score (nSPS) is 20.9. The topological polar surface area (TPSA) is 174 Å². The quantitative estimate of drug-likeness (QED) is 0.196. The number of imide groups is 1. The first kappa shape index (κ1) is 36.4. The second-order valence-electron chi connectivity index (χ2n) is 15.7. The Hall–Kier alpha value is -6.27. The highest BCUT2D eigenvalue weighted by molar-refractivity contribution is 6.01. The third-order valence-corrected chi connectivity index (χ3v) is 12.3. The molecule has 15 nitrogen and oxygen atoms in total. The van der Waals surface area contributed by atoms with E-state index in [0.717, 1.165) is 85.7 Å². The van der Waals surface area contributed by atoms with Crippen LogP contribution in [0.3, 0.4) is 0 Å². The Balaban J connectivity index is 0.817. The molecule has 2 saturated heterocycles. The summed E-state index contributed by atoms with van der Waals surface area (Å²) < 4.78 is 12.4. The van der Waals surface area contributed by atoms with E-state index in [2.05, 4.69) is 43.5 Å². The molecule has 0 radical (unpaired) electrons. The number of rotatable bonds is 7. The number of aromatic nitrogens is 6. The molecule has 3 aliphatic rings. The Kier molecular flexibility index (Phi) is 9.36. The number of likely N-dealkylation sites (tertiary alicyclic amines) is 1. The number of nitrogens with one attached hydrogen (secondary N) is 2. The Labute approximate surface area is 327 Å². The monoisotopic (exact) mass is 768 g/mol. The molecular formula is C42H44N10O5. The molecule has 0 bridgehead atoms. The van der Waals surface area contributed by atoms with Crippen LogP contribution in [0.1, 0.15) is 80.5 Å². The zero-order chi connectivity index (χ0) is 39.4. The maximum absolute atomic E-state index is 13.5. The highest BCUT2D eigenvalue weighted by atomic mass is 16.5. The maximum Gasteiger partial charge on any atom is 0.331 e. The minimum atomic E-state index is -0.688. The SMILES string of the molecule is COc1cc2nn(C3CCC(CN4CCC(c5cccc6c5n(C)c(=O)n6C5CCC(=O)NC5=O)CC4)CC3)cc2cc1NC(=O)n1ccc2cc(C#N)cnc21. The number of para-hydroxylation sites is 1. The van der Waals surface area contributed by atoms with Gasteiger partial charge in [-0.1, -0.05) is 12.1 Å². The van der Waals surface area contributed by atoms with Gasteiger partial charge >= 0.3 is 11.7 Å². The van der Waals surface area contributed by atoms with E-state index in [9.17, 15) is 24.4 Å². The van der Waals surface area contributed by atoms with E-state index < -0.39 is 11.9 Å². The largest absolute Gasteiger partial charge is 0.494 e. The summed E-state index contributed by atoms with van der Waals surface area (Å²) in [7, 11) is 3.35. The van der Waals surface area contributed by atoms with Crippen molar-refractivity contribution in [1.29, 1.82) is 5.26 Å². The lowest BCUT2D eigenvalue weighted by Crippen LogP contribution is -2.44. The highest BCUT2D eigenvalue weighted by Crippen LogP contribution is 2.38. The summed E-state index contributed by atoms with van der Waals surface area (Å²) in [5.74, 6) is 0.730. The summed E-state index contributed by atoms with van der Waals surface area (Å²) >= 11 is 0. The Morgan fingerprint density at radius 1 is 1.02 bits per heavy atom. The second kappa shape index (κ2) is 14.7. The van der Waals surface area contributed by atoms with Crippen LogP contribution >= 0.6 is 0 Å². The van der Waals surface area contributed by atoms with Gasteiger partial charge in [0.05, 0.1) is 41.0 Å². The van der Waals surface area contributed by atoms with Gasteiger partial charge in [0.25, 0.3) is 0 Å². The van der Waals surface area contributed by atoms with Crippen LogP contribution in [0, 0.1) is 17.2 Å². The van der Waals surface area contributed by atoms with E-state index in [4.69, 9.17) is 9.84 Å². The molecule has 1 saturated carbocycles. The number of nitriles is 1. The third kappa shape index (κ3) is 6.63. The molecule has 4 aromatic heterocycles. The van der Waals surface area contributed by atoms with Crippen LogP contribution < -0.4 is 21.1 Å².